The van der Waals surface area contributed by atoms with Crippen LogP contribution in [0.1, 0.15) is 21.5 Å². The molecule has 0 spiro atoms. The molecule has 2 nitrogen and oxygen atoms in total. The third kappa shape index (κ3) is 1.45. The lowest BCUT2D eigenvalue weighted by Crippen LogP contribution is -2.34. The average molecular weight is 244 g/mol. The highest BCUT2D eigenvalue weighted by Crippen LogP contribution is 2.40. The van der Waals surface area contributed by atoms with Gasteiger partial charge >= 0.3 is 0 Å². The van der Waals surface area contributed by atoms with Gasteiger partial charge in [0, 0.05) is 11.1 Å². The summed E-state index contributed by atoms with van der Waals surface area (Å²) in [4.78, 5) is 10.9. The van der Waals surface area contributed by atoms with E-state index in [9.17, 15) is 4.79 Å². The molecule has 1 unspecified atom stereocenters. The van der Waals surface area contributed by atoms with Crippen molar-refractivity contribution in [3.05, 3.63) is 71.3 Å². The van der Waals surface area contributed by atoms with E-state index >= 15 is 0 Å². The zero-order valence-corrected chi connectivity index (χ0v) is 9.74. The third-order valence-electron chi connectivity index (χ3n) is 3.00. The molecule has 1 heterocycles. The van der Waals surface area contributed by atoms with Crippen LogP contribution in [0.3, 0.4) is 0 Å². The van der Waals surface area contributed by atoms with Gasteiger partial charge in [-0.1, -0.05) is 60.1 Å². The van der Waals surface area contributed by atoms with Crippen LogP contribution in [0.2, 0.25) is 0 Å². The van der Waals surface area contributed by atoms with Gasteiger partial charge in [-0.05, 0) is 11.6 Å². The molecule has 84 valence electrons. The molecule has 17 heavy (non-hydrogen) atoms. The Morgan fingerprint density at radius 3 is 2.35 bits per heavy atom. The summed E-state index contributed by atoms with van der Waals surface area (Å²) >= 11 is 6.59. The summed E-state index contributed by atoms with van der Waals surface area (Å²) in [6.45, 7) is 0. The first-order valence-electron chi connectivity index (χ1n) is 5.38. The lowest BCUT2D eigenvalue weighted by Gasteiger charge is -2.23. The Kier molecular flexibility index (Phi) is 2.20. The number of hydrogen-bond acceptors (Lipinski definition) is 1. The van der Waals surface area contributed by atoms with E-state index in [0.717, 1.165) is 11.1 Å². The van der Waals surface area contributed by atoms with Crippen LogP contribution < -0.4 is 5.32 Å². The van der Waals surface area contributed by atoms with Crippen LogP contribution in [-0.4, -0.2) is 5.91 Å². The van der Waals surface area contributed by atoms with E-state index in [1.54, 1.807) is 6.07 Å². The zero-order chi connectivity index (χ0) is 11.9. The standard InChI is InChI=1S/C14H10ClNO/c15-14(10-6-2-1-3-7-10)12-9-5-4-8-11(12)13(17)16-14/h1-9H,(H,16,17). The van der Waals surface area contributed by atoms with Crippen molar-refractivity contribution in [1.82, 2.24) is 5.32 Å². The molecule has 0 saturated heterocycles. The summed E-state index contributed by atoms with van der Waals surface area (Å²) in [5.41, 5.74) is 2.34. The second kappa shape index (κ2) is 3.60. The van der Waals surface area contributed by atoms with Crippen molar-refractivity contribution >= 4 is 17.5 Å². The summed E-state index contributed by atoms with van der Waals surface area (Å²) in [6, 6.07) is 17.0. The van der Waals surface area contributed by atoms with Gasteiger partial charge in [0.1, 0.15) is 0 Å². The van der Waals surface area contributed by atoms with Gasteiger partial charge in [0.15, 0.2) is 5.00 Å². The lowest BCUT2D eigenvalue weighted by atomic mass is 9.98. The minimum Gasteiger partial charge on any atom is -0.326 e. The molecule has 0 radical (unpaired) electrons. The number of alkyl halides is 1. The molecule has 2 aromatic carbocycles. The van der Waals surface area contributed by atoms with Gasteiger partial charge in [0.05, 0.1) is 0 Å². The number of halogens is 1. The fourth-order valence-electron chi connectivity index (χ4n) is 2.17. The Hall–Kier alpha value is -1.80. The smallest absolute Gasteiger partial charge is 0.253 e. The molecular weight excluding hydrogens is 234 g/mol. The summed E-state index contributed by atoms with van der Waals surface area (Å²) < 4.78 is 0. The summed E-state index contributed by atoms with van der Waals surface area (Å²) in [5, 5.41) is 2.84. The predicted octanol–water partition coefficient (Wildman–Crippen LogP) is 2.87. The van der Waals surface area contributed by atoms with Crippen LogP contribution in [0.25, 0.3) is 0 Å². The molecule has 1 aliphatic rings. The Bertz CT molecular complexity index is 582. The van der Waals surface area contributed by atoms with Gasteiger partial charge in [0.25, 0.3) is 5.91 Å². The maximum absolute atomic E-state index is 11.9. The van der Waals surface area contributed by atoms with E-state index < -0.39 is 5.00 Å². The number of amides is 1. The first-order chi connectivity index (χ1) is 8.22. The molecule has 3 heteroatoms. The van der Waals surface area contributed by atoms with Crippen molar-refractivity contribution in [2.24, 2.45) is 0 Å². The van der Waals surface area contributed by atoms with Crippen LogP contribution >= 0.6 is 11.6 Å². The van der Waals surface area contributed by atoms with Crippen molar-refractivity contribution in [1.29, 1.82) is 0 Å². The van der Waals surface area contributed by atoms with Crippen molar-refractivity contribution in [3.63, 3.8) is 0 Å². The largest absolute Gasteiger partial charge is 0.326 e. The first-order valence-corrected chi connectivity index (χ1v) is 5.76. The van der Waals surface area contributed by atoms with Gasteiger partial charge < -0.3 is 5.32 Å². The van der Waals surface area contributed by atoms with Crippen molar-refractivity contribution < 1.29 is 4.79 Å². The van der Waals surface area contributed by atoms with E-state index in [1.807, 2.05) is 48.5 Å². The Labute approximate surface area is 104 Å². The monoisotopic (exact) mass is 243 g/mol. The SMILES string of the molecule is O=C1NC(Cl)(c2ccccc2)c2ccccc21. The van der Waals surface area contributed by atoms with Gasteiger partial charge in [0.2, 0.25) is 0 Å². The third-order valence-corrected chi connectivity index (χ3v) is 3.52. The number of hydrogen-bond donors (Lipinski definition) is 1. The summed E-state index contributed by atoms with van der Waals surface area (Å²) in [5.74, 6) is -0.126. The molecule has 0 bridgehead atoms. The number of nitrogens with one attached hydrogen (secondary N) is 1. The van der Waals surface area contributed by atoms with E-state index in [2.05, 4.69) is 5.32 Å². The number of rotatable bonds is 1. The molecule has 0 fully saturated rings. The van der Waals surface area contributed by atoms with Crippen LogP contribution in [0.15, 0.2) is 54.6 Å². The molecule has 0 aromatic heterocycles. The maximum atomic E-state index is 11.9. The van der Waals surface area contributed by atoms with E-state index in [0.29, 0.717) is 5.56 Å². The van der Waals surface area contributed by atoms with Gasteiger partial charge in [-0.15, -0.1) is 0 Å². The van der Waals surface area contributed by atoms with Crippen LogP contribution in [0.5, 0.6) is 0 Å². The topological polar surface area (TPSA) is 29.1 Å². The number of benzene rings is 2. The molecule has 3 rings (SSSR count). The maximum Gasteiger partial charge on any atom is 0.253 e. The predicted molar refractivity (Wildman–Crippen MR) is 67.0 cm³/mol. The molecule has 2 aromatic rings. The Balaban J connectivity index is 2.21. The Morgan fingerprint density at radius 2 is 1.59 bits per heavy atom. The quantitative estimate of drug-likeness (QED) is 0.606. The fourth-order valence-corrected chi connectivity index (χ4v) is 2.54. The Morgan fingerprint density at radius 1 is 0.941 bits per heavy atom. The highest BCUT2D eigenvalue weighted by Gasteiger charge is 2.42. The summed E-state index contributed by atoms with van der Waals surface area (Å²) in [7, 11) is 0. The average Bonchev–Trinajstić information content (AvgIpc) is 2.65. The molecule has 1 atom stereocenters. The minimum atomic E-state index is -0.936. The zero-order valence-electron chi connectivity index (χ0n) is 8.98. The van der Waals surface area contributed by atoms with Crippen molar-refractivity contribution in [2.75, 3.05) is 0 Å². The highest BCUT2D eigenvalue weighted by atomic mass is 35.5. The van der Waals surface area contributed by atoms with Crippen molar-refractivity contribution in [2.45, 2.75) is 5.00 Å². The molecule has 1 N–H and O–H groups in total. The van der Waals surface area contributed by atoms with Crippen LogP contribution in [-0.2, 0) is 5.00 Å². The van der Waals surface area contributed by atoms with Gasteiger partial charge in [-0.2, -0.15) is 0 Å². The molecule has 0 saturated carbocycles. The lowest BCUT2D eigenvalue weighted by molar-refractivity contribution is 0.0955. The first kappa shape index (κ1) is 10.4. The van der Waals surface area contributed by atoms with Gasteiger partial charge in [-0.25, -0.2) is 0 Å². The second-order valence-corrected chi connectivity index (χ2v) is 4.59. The van der Waals surface area contributed by atoms with E-state index in [-0.39, 0.29) is 5.91 Å². The number of fused-ring (bicyclic) bond motifs is 1. The minimum absolute atomic E-state index is 0.126. The van der Waals surface area contributed by atoms with E-state index in [1.165, 1.54) is 0 Å². The van der Waals surface area contributed by atoms with Gasteiger partial charge in [-0.3, -0.25) is 4.79 Å². The van der Waals surface area contributed by atoms with E-state index in [4.69, 9.17) is 11.6 Å². The number of carbonyl (C=O) groups is 1. The molecular formula is C14H10ClNO. The van der Waals surface area contributed by atoms with Crippen molar-refractivity contribution in [3.8, 4) is 0 Å². The highest BCUT2D eigenvalue weighted by molar-refractivity contribution is 6.29. The molecule has 0 aliphatic carbocycles. The summed E-state index contributed by atoms with van der Waals surface area (Å²) in [6.07, 6.45) is 0. The van der Waals surface area contributed by atoms with Crippen LogP contribution in [0, 0.1) is 0 Å². The fraction of sp³-hybridized carbons (Fsp3) is 0.0714. The molecule has 1 aliphatic heterocycles. The van der Waals surface area contributed by atoms with Crippen LogP contribution in [0.4, 0.5) is 0 Å². The number of carbonyl (C=O) groups excluding carboxylic acids is 1. The normalized spacial score (nSPS) is 22.1. The molecule has 1 amide bonds. The second-order valence-electron chi connectivity index (χ2n) is 4.02.